The van der Waals surface area contributed by atoms with E-state index < -0.39 is 17.9 Å². The predicted molar refractivity (Wildman–Crippen MR) is 129 cm³/mol. The second kappa shape index (κ2) is 13.2. The average molecular weight is 471 g/mol. The molecule has 3 rings (SSSR count). The molecule has 3 fully saturated rings. The van der Waals surface area contributed by atoms with Crippen LogP contribution < -0.4 is 0 Å². The van der Waals surface area contributed by atoms with E-state index >= 15 is 0 Å². The molecule has 0 saturated carbocycles. The van der Waals surface area contributed by atoms with Crippen molar-refractivity contribution in [3.63, 3.8) is 0 Å². The second-order valence-electron chi connectivity index (χ2n) is 11.0. The van der Waals surface area contributed by atoms with Crippen LogP contribution in [-0.4, -0.2) is 55.5 Å². The Kier molecular flexibility index (Phi) is 10.9. The van der Waals surface area contributed by atoms with Crippen molar-refractivity contribution in [2.24, 2.45) is 0 Å². The first kappa shape index (κ1) is 27.3. The summed E-state index contributed by atoms with van der Waals surface area (Å²) in [6.07, 6.45) is 16.3. The summed E-state index contributed by atoms with van der Waals surface area (Å²) in [4.78, 5) is 0. The highest BCUT2D eigenvalue weighted by Crippen LogP contribution is 2.42. The van der Waals surface area contributed by atoms with Gasteiger partial charge in [0.2, 0.25) is 0 Å². The van der Waals surface area contributed by atoms with E-state index in [1.54, 1.807) is 0 Å². The van der Waals surface area contributed by atoms with Crippen LogP contribution in [0.2, 0.25) is 0 Å². The van der Waals surface area contributed by atoms with Gasteiger partial charge < -0.3 is 28.4 Å². The highest BCUT2D eigenvalue weighted by atomic mass is 16.8. The second-order valence-corrected chi connectivity index (χ2v) is 11.0. The maximum Gasteiger partial charge on any atom is 0.190 e. The van der Waals surface area contributed by atoms with Crippen molar-refractivity contribution in [2.75, 3.05) is 13.2 Å². The Morgan fingerprint density at radius 2 is 1.24 bits per heavy atom. The maximum atomic E-state index is 6.34. The van der Waals surface area contributed by atoms with E-state index in [9.17, 15) is 0 Å². The number of fused-ring (bicyclic) bond motifs is 1. The molecule has 0 amide bonds. The van der Waals surface area contributed by atoms with Gasteiger partial charge in [0.05, 0.1) is 6.61 Å². The Balaban J connectivity index is 1.28. The van der Waals surface area contributed by atoms with Gasteiger partial charge >= 0.3 is 0 Å². The van der Waals surface area contributed by atoms with Crippen molar-refractivity contribution in [3.8, 4) is 0 Å². The summed E-state index contributed by atoms with van der Waals surface area (Å²) < 4.78 is 36.4. The maximum absolute atomic E-state index is 6.34. The zero-order chi connectivity index (χ0) is 23.7. The fourth-order valence-corrected chi connectivity index (χ4v) is 5.21. The Labute approximate surface area is 202 Å². The Morgan fingerprint density at radius 3 is 1.79 bits per heavy atom. The quantitative estimate of drug-likeness (QED) is 0.240. The fraction of sp³-hybridized carbons (Fsp3) is 1.00. The Bertz CT molecular complexity index is 551. The zero-order valence-corrected chi connectivity index (χ0v) is 21.9. The van der Waals surface area contributed by atoms with Gasteiger partial charge in [-0.15, -0.1) is 0 Å². The minimum absolute atomic E-state index is 0.169. The molecule has 194 valence electrons. The van der Waals surface area contributed by atoms with Gasteiger partial charge in [-0.3, -0.25) is 0 Å². The monoisotopic (exact) mass is 470 g/mol. The van der Waals surface area contributed by atoms with Crippen molar-refractivity contribution < 1.29 is 28.4 Å². The molecule has 3 aliphatic heterocycles. The molecule has 0 radical (unpaired) electrons. The van der Waals surface area contributed by atoms with Crippen LogP contribution in [0.3, 0.4) is 0 Å². The van der Waals surface area contributed by atoms with Gasteiger partial charge in [0.15, 0.2) is 17.9 Å². The summed E-state index contributed by atoms with van der Waals surface area (Å²) in [6, 6.07) is 0. The third-order valence-electron chi connectivity index (χ3n) is 6.98. The molecule has 0 N–H and O–H groups in total. The molecule has 6 heteroatoms. The van der Waals surface area contributed by atoms with E-state index in [4.69, 9.17) is 28.4 Å². The molecule has 0 aliphatic carbocycles. The van der Waals surface area contributed by atoms with E-state index in [-0.39, 0.29) is 24.4 Å². The summed E-state index contributed by atoms with van der Waals surface area (Å²) in [5, 5.41) is 0. The third kappa shape index (κ3) is 8.73. The number of hydrogen-bond donors (Lipinski definition) is 0. The number of unbranched alkanes of at least 4 members (excludes halogenated alkanes) is 12. The van der Waals surface area contributed by atoms with Crippen LogP contribution in [0.15, 0.2) is 0 Å². The number of hydrogen-bond acceptors (Lipinski definition) is 6. The molecule has 0 aromatic carbocycles. The average Bonchev–Trinajstić information content (AvgIpc) is 3.37. The third-order valence-corrected chi connectivity index (χ3v) is 6.98. The van der Waals surface area contributed by atoms with Crippen LogP contribution in [0.1, 0.15) is 118 Å². The van der Waals surface area contributed by atoms with E-state index in [1.807, 2.05) is 27.7 Å². The molecule has 33 heavy (non-hydrogen) atoms. The highest BCUT2D eigenvalue weighted by Gasteiger charge is 2.58. The van der Waals surface area contributed by atoms with Crippen LogP contribution in [-0.2, 0) is 28.4 Å². The lowest BCUT2D eigenvalue weighted by Gasteiger charge is -2.29. The van der Waals surface area contributed by atoms with Crippen molar-refractivity contribution >= 4 is 0 Å². The molecule has 0 unspecified atom stereocenters. The van der Waals surface area contributed by atoms with Crippen LogP contribution in [0.25, 0.3) is 0 Å². The first-order chi connectivity index (χ1) is 15.8. The summed E-state index contributed by atoms with van der Waals surface area (Å²) in [5.74, 6) is -1.24. The minimum Gasteiger partial charge on any atom is -0.372 e. The van der Waals surface area contributed by atoms with E-state index in [0.29, 0.717) is 13.2 Å². The number of ether oxygens (including phenoxy) is 6. The molecule has 5 atom stereocenters. The van der Waals surface area contributed by atoms with E-state index in [2.05, 4.69) is 6.92 Å². The molecule has 3 heterocycles. The molecule has 3 saturated heterocycles. The van der Waals surface area contributed by atoms with Gasteiger partial charge in [-0.25, -0.2) is 0 Å². The Morgan fingerprint density at radius 1 is 0.667 bits per heavy atom. The SMILES string of the molecule is CCCCCCCCCCCCCCCO[C@@H]1[C@H]2OC(C)(C)O[C@H]2O[C@@H]1[C@H]1COC(C)(C)O1. The van der Waals surface area contributed by atoms with Crippen molar-refractivity contribution in [3.05, 3.63) is 0 Å². The smallest absolute Gasteiger partial charge is 0.190 e. The molecule has 0 aromatic heterocycles. The van der Waals surface area contributed by atoms with Crippen LogP contribution in [0, 0.1) is 0 Å². The van der Waals surface area contributed by atoms with E-state index in [0.717, 1.165) is 6.42 Å². The number of rotatable bonds is 16. The summed E-state index contributed by atoms with van der Waals surface area (Å²) >= 11 is 0. The van der Waals surface area contributed by atoms with Gasteiger partial charge in [-0.05, 0) is 34.1 Å². The van der Waals surface area contributed by atoms with Gasteiger partial charge in [0, 0.05) is 6.61 Å². The molecule has 6 nitrogen and oxygen atoms in total. The topological polar surface area (TPSA) is 55.4 Å². The van der Waals surface area contributed by atoms with Crippen LogP contribution in [0.4, 0.5) is 0 Å². The summed E-state index contributed by atoms with van der Waals surface area (Å²) in [5.41, 5.74) is 0. The standard InChI is InChI=1S/C27H50O6/c1-6-7-8-9-10-11-12-13-14-15-16-17-18-19-28-23-22(21-20-29-26(2,3)31-21)30-25-24(23)32-27(4,5)33-25/h21-25H,6-20H2,1-5H3/t21-,22-,23+,24-,25-/m1/s1. The first-order valence-corrected chi connectivity index (χ1v) is 13.8. The fourth-order valence-electron chi connectivity index (χ4n) is 5.21. The van der Waals surface area contributed by atoms with Gasteiger partial charge in [-0.2, -0.15) is 0 Å². The van der Waals surface area contributed by atoms with Crippen molar-refractivity contribution in [2.45, 2.75) is 160 Å². The lowest BCUT2D eigenvalue weighted by molar-refractivity contribution is -0.236. The molecular weight excluding hydrogens is 420 g/mol. The first-order valence-electron chi connectivity index (χ1n) is 13.8. The zero-order valence-electron chi connectivity index (χ0n) is 21.9. The summed E-state index contributed by atoms with van der Waals surface area (Å²) in [6.45, 7) is 11.2. The largest absolute Gasteiger partial charge is 0.372 e. The van der Waals surface area contributed by atoms with Gasteiger partial charge in [0.25, 0.3) is 0 Å². The normalized spacial score (nSPS) is 32.5. The summed E-state index contributed by atoms with van der Waals surface area (Å²) in [7, 11) is 0. The van der Waals surface area contributed by atoms with Crippen LogP contribution >= 0.6 is 0 Å². The molecule has 3 aliphatic rings. The van der Waals surface area contributed by atoms with Gasteiger partial charge in [-0.1, -0.05) is 84.0 Å². The molecule has 0 aromatic rings. The van der Waals surface area contributed by atoms with Gasteiger partial charge in [0.1, 0.15) is 24.4 Å². The van der Waals surface area contributed by atoms with Crippen molar-refractivity contribution in [1.82, 2.24) is 0 Å². The predicted octanol–water partition coefficient (Wildman–Crippen LogP) is 6.49. The van der Waals surface area contributed by atoms with Crippen molar-refractivity contribution in [1.29, 1.82) is 0 Å². The van der Waals surface area contributed by atoms with Crippen LogP contribution in [0.5, 0.6) is 0 Å². The molecule has 0 bridgehead atoms. The molecule has 0 spiro atoms. The van der Waals surface area contributed by atoms with E-state index in [1.165, 1.54) is 77.0 Å². The Hall–Kier alpha value is -0.240. The molecular formula is C27H50O6. The minimum atomic E-state index is -0.649. The highest BCUT2D eigenvalue weighted by molar-refractivity contribution is 4.98. The lowest BCUT2D eigenvalue weighted by atomic mass is 10.0. The lowest BCUT2D eigenvalue weighted by Crippen LogP contribution is -2.44.